The Morgan fingerprint density at radius 3 is 2.82 bits per heavy atom. The zero-order valence-corrected chi connectivity index (χ0v) is 13.0. The Balaban J connectivity index is 1.54. The summed E-state index contributed by atoms with van der Waals surface area (Å²) in [5.41, 5.74) is 2.34. The van der Waals surface area contributed by atoms with Gasteiger partial charge < -0.3 is 10.6 Å². The van der Waals surface area contributed by atoms with E-state index < -0.39 is 0 Å². The van der Waals surface area contributed by atoms with Crippen LogP contribution in [0.15, 0.2) is 12.3 Å². The second-order valence-electron chi connectivity index (χ2n) is 6.58. The molecule has 6 nitrogen and oxygen atoms in total. The molecule has 0 radical (unpaired) electrons. The number of nitrogens with zero attached hydrogens (tertiary/aromatic N) is 3. The summed E-state index contributed by atoms with van der Waals surface area (Å²) in [6.45, 7) is 1.94. The van der Waals surface area contributed by atoms with Crippen molar-refractivity contribution in [3.8, 4) is 0 Å². The SMILES string of the molecule is Cc1nn(C)c2ncc(C(=O)NC3CC4CCC(C3)N4)cc12. The first-order chi connectivity index (χ1) is 10.6. The quantitative estimate of drug-likeness (QED) is 0.876. The van der Waals surface area contributed by atoms with Crippen molar-refractivity contribution in [2.75, 3.05) is 0 Å². The average molecular weight is 299 g/mol. The van der Waals surface area contributed by atoms with Gasteiger partial charge in [0.25, 0.3) is 5.91 Å². The van der Waals surface area contributed by atoms with Crippen LogP contribution in [0.25, 0.3) is 11.0 Å². The minimum atomic E-state index is -0.0241. The molecule has 2 fully saturated rings. The Morgan fingerprint density at radius 2 is 2.09 bits per heavy atom. The van der Waals surface area contributed by atoms with E-state index in [4.69, 9.17) is 0 Å². The fourth-order valence-electron chi connectivity index (χ4n) is 3.88. The van der Waals surface area contributed by atoms with Gasteiger partial charge in [0.05, 0.1) is 11.3 Å². The van der Waals surface area contributed by atoms with Crippen molar-refractivity contribution in [3.63, 3.8) is 0 Å². The molecule has 116 valence electrons. The van der Waals surface area contributed by atoms with E-state index in [0.717, 1.165) is 29.6 Å². The minimum absolute atomic E-state index is 0.0241. The van der Waals surface area contributed by atoms with Gasteiger partial charge >= 0.3 is 0 Å². The van der Waals surface area contributed by atoms with Gasteiger partial charge in [-0.15, -0.1) is 0 Å². The second-order valence-corrected chi connectivity index (χ2v) is 6.58. The van der Waals surface area contributed by atoms with Crippen molar-refractivity contribution in [1.82, 2.24) is 25.4 Å². The highest BCUT2D eigenvalue weighted by molar-refractivity contribution is 5.97. The number of carbonyl (C=O) groups excluding carboxylic acids is 1. The third-order valence-electron chi connectivity index (χ3n) is 4.93. The zero-order valence-electron chi connectivity index (χ0n) is 13.0. The molecular formula is C16H21N5O. The Kier molecular flexibility index (Phi) is 3.14. The molecule has 2 unspecified atom stereocenters. The van der Waals surface area contributed by atoms with Crippen molar-refractivity contribution in [3.05, 3.63) is 23.5 Å². The number of nitrogens with one attached hydrogen (secondary N) is 2. The van der Waals surface area contributed by atoms with E-state index in [1.807, 2.05) is 20.0 Å². The number of amides is 1. The van der Waals surface area contributed by atoms with Crippen LogP contribution in [0.1, 0.15) is 41.7 Å². The maximum absolute atomic E-state index is 12.5. The van der Waals surface area contributed by atoms with Gasteiger partial charge in [-0.2, -0.15) is 5.10 Å². The fourth-order valence-corrected chi connectivity index (χ4v) is 3.88. The number of rotatable bonds is 2. The third-order valence-corrected chi connectivity index (χ3v) is 4.93. The highest BCUT2D eigenvalue weighted by atomic mass is 16.1. The molecule has 2 atom stereocenters. The number of carbonyl (C=O) groups is 1. The lowest BCUT2D eigenvalue weighted by Gasteiger charge is -2.29. The van der Waals surface area contributed by atoms with Gasteiger partial charge in [0, 0.05) is 36.8 Å². The van der Waals surface area contributed by atoms with Gasteiger partial charge in [-0.25, -0.2) is 4.98 Å². The first kappa shape index (κ1) is 13.7. The Hall–Kier alpha value is -1.95. The topological polar surface area (TPSA) is 71.8 Å². The van der Waals surface area contributed by atoms with E-state index in [1.165, 1.54) is 12.8 Å². The van der Waals surface area contributed by atoms with Gasteiger partial charge in [-0.3, -0.25) is 9.48 Å². The number of hydrogen-bond acceptors (Lipinski definition) is 4. The first-order valence-electron chi connectivity index (χ1n) is 7.96. The lowest BCUT2D eigenvalue weighted by Crippen LogP contribution is -2.48. The van der Waals surface area contributed by atoms with Crippen LogP contribution in [-0.4, -0.2) is 38.8 Å². The number of aromatic nitrogens is 3. The van der Waals surface area contributed by atoms with E-state index in [9.17, 15) is 4.79 Å². The maximum Gasteiger partial charge on any atom is 0.253 e. The molecule has 2 aliphatic rings. The van der Waals surface area contributed by atoms with Crippen LogP contribution < -0.4 is 10.6 Å². The Labute approximate surface area is 129 Å². The molecule has 2 saturated heterocycles. The summed E-state index contributed by atoms with van der Waals surface area (Å²) >= 11 is 0. The molecule has 0 saturated carbocycles. The Bertz CT molecular complexity index is 725. The molecule has 0 aromatic carbocycles. The average Bonchev–Trinajstić information content (AvgIpc) is 2.98. The number of aryl methyl sites for hydroxylation is 2. The molecule has 22 heavy (non-hydrogen) atoms. The molecule has 4 heterocycles. The van der Waals surface area contributed by atoms with Gasteiger partial charge in [0.2, 0.25) is 0 Å². The molecule has 2 bridgehead atoms. The minimum Gasteiger partial charge on any atom is -0.349 e. The molecular weight excluding hydrogens is 278 g/mol. The highest BCUT2D eigenvalue weighted by Gasteiger charge is 2.34. The van der Waals surface area contributed by atoms with Gasteiger partial charge in [0.1, 0.15) is 0 Å². The van der Waals surface area contributed by atoms with Crippen LogP contribution in [0.2, 0.25) is 0 Å². The number of fused-ring (bicyclic) bond motifs is 3. The molecule has 2 N–H and O–H groups in total. The normalized spacial score (nSPS) is 27.3. The van der Waals surface area contributed by atoms with Crippen molar-refractivity contribution >= 4 is 16.9 Å². The summed E-state index contributed by atoms with van der Waals surface area (Å²) in [4.78, 5) is 16.9. The van der Waals surface area contributed by atoms with Crippen LogP contribution in [0.3, 0.4) is 0 Å². The highest BCUT2D eigenvalue weighted by Crippen LogP contribution is 2.27. The van der Waals surface area contributed by atoms with Crippen LogP contribution in [0.5, 0.6) is 0 Å². The van der Waals surface area contributed by atoms with Crippen LogP contribution in [0.4, 0.5) is 0 Å². The maximum atomic E-state index is 12.5. The predicted molar refractivity (Wildman–Crippen MR) is 83.7 cm³/mol. The molecule has 2 aliphatic heterocycles. The van der Waals surface area contributed by atoms with Gasteiger partial charge in [-0.1, -0.05) is 0 Å². The molecule has 2 aromatic heterocycles. The van der Waals surface area contributed by atoms with Crippen LogP contribution in [-0.2, 0) is 7.05 Å². The summed E-state index contributed by atoms with van der Waals surface area (Å²) in [7, 11) is 1.87. The number of pyridine rings is 1. The summed E-state index contributed by atoms with van der Waals surface area (Å²) in [5, 5.41) is 12.1. The van der Waals surface area contributed by atoms with Crippen molar-refractivity contribution in [2.45, 2.75) is 50.7 Å². The predicted octanol–water partition coefficient (Wildman–Crippen LogP) is 1.29. The summed E-state index contributed by atoms with van der Waals surface area (Å²) < 4.78 is 1.75. The molecule has 1 amide bonds. The largest absolute Gasteiger partial charge is 0.349 e. The van der Waals surface area contributed by atoms with E-state index in [-0.39, 0.29) is 11.9 Å². The number of hydrogen-bond donors (Lipinski definition) is 2. The lowest BCUT2D eigenvalue weighted by molar-refractivity contribution is 0.0924. The molecule has 6 heteroatoms. The number of piperidine rings is 1. The summed E-state index contributed by atoms with van der Waals surface area (Å²) in [6.07, 6.45) is 6.18. The lowest BCUT2D eigenvalue weighted by atomic mass is 9.99. The van der Waals surface area contributed by atoms with Gasteiger partial charge in [0.15, 0.2) is 5.65 Å². The second kappa shape index (κ2) is 5.05. The monoisotopic (exact) mass is 299 g/mol. The van der Waals surface area contributed by atoms with E-state index in [0.29, 0.717) is 17.6 Å². The fraction of sp³-hybridized carbons (Fsp3) is 0.562. The summed E-state index contributed by atoms with van der Waals surface area (Å²) in [6, 6.07) is 3.32. The zero-order chi connectivity index (χ0) is 15.3. The van der Waals surface area contributed by atoms with E-state index in [2.05, 4.69) is 20.7 Å². The molecule has 4 rings (SSSR count). The van der Waals surface area contributed by atoms with Crippen LogP contribution in [0, 0.1) is 6.92 Å². The van der Waals surface area contributed by atoms with Crippen LogP contribution >= 0.6 is 0 Å². The van der Waals surface area contributed by atoms with Gasteiger partial charge in [-0.05, 0) is 38.7 Å². The standard InChI is InChI=1S/C16H21N5O/c1-9-14-5-10(8-17-15(14)21(2)20-9)16(22)19-13-6-11-3-4-12(7-13)18-11/h5,8,11-13,18H,3-4,6-7H2,1-2H3,(H,19,22). The molecule has 0 aliphatic carbocycles. The Morgan fingerprint density at radius 1 is 1.36 bits per heavy atom. The summed E-state index contributed by atoms with van der Waals surface area (Å²) in [5.74, 6) is -0.0241. The van der Waals surface area contributed by atoms with E-state index >= 15 is 0 Å². The third kappa shape index (κ3) is 2.27. The van der Waals surface area contributed by atoms with Crippen molar-refractivity contribution < 1.29 is 4.79 Å². The smallest absolute Gasteiger partial charge is 0.253 e. The molecule has 2 aromatic rings. The van der Waals surface area contributed by atoms with Crippen molar-refractivity contribution in [2.24, 2.45) is 7.05 Å². The first-order valence-corrected chi connectivity index (χ1v) is 7.96. The van der Waals surface area contributed by atoms with E-state index in [1.54, 1.807) is 10.9 Å². The van der Waals surface area contributed by atoms with Crippen molar-refractivity contribution in [1.29, 1.82) is 0 Å². The molecule has 0 spiro atoms.